The average Bonchev–Trinajstić information content (AvgIpc) is 2.80. The molecule has 0 N–H and O–H groups in total. The van der Waals surface area contributed by atoms with Gasteiger partial charge in [-0.2, -0.15) is 0 Å². The van der Waals surface area contributed by atoms with Gasteiger partial charge in [0.05, 0.1) is 0 Å². The number of fused-ring (bicyclic) bond motifs is 1. The minimum absolute atomic E-state index is 0.170. The Morgan fingerprint density at radius 1 is 1.00 bits per heavy atom. The third kappa shape index (κ3) is 2.25. The van der Waals surface area contributed by atoms with Crippen molar-refractivity contribution in [2.75, 3.05) is 0 Å². The average molecular weight is 280 g/mol. The summed E-state index contributed by atoms with van der Waals surface area (Å²) in [5.74, 6) is 0.779. The van der Waals surface area contributed by atoms with Gasteiger partial charge in [0.1, 0.15) is 11.7 Å². The molecule has 21 heavy (non-hydrogen) atoms. The van der Waals surface area contributed by atoms with Crippen molar-refractivity contribution in [1.29, 1.82) is 0 Å². The van der Waals surface area contributed by atoms with E-state index in [0.29, 0.717) is 5.92 Å². The summed E-state index contributed by atoms with van der Waals surface area (Å²) in [6, 6.07) is 12.4. The van der Waals surface area contributed by atoms with E-state index >= 15 is 0 Å². The molecule has 3 rings (SSSR count). The number of carbonyl (C=O) groups is 1. The number of carbonyl (C=O) groups excluding carboxylic acids is 1. The van der Waals surface area contributed by atoms with E-state index in [1.807, 2.05) is 32.0 Å². The Morgan fingerprint density at radius 3 is 2.29 bits per heavy atom. The van der Waals surface area contributed by atoms with E-state index in [1.165, 1.54) is 5.56 Å². The zero-order valence-corrected chi connectivity index (χ0v) is 12.9. The third-order valence-electron chi connectivity index (χ3n) is 4.39. The number of rotatable bonds is 2. The van der Waals surface area contributed by atoms with Gasteiger partial charge in [-0.15, -0.1) is 0 Å². The van der Waals surface area contributed by atoms with Crippen LogP contribution in [0, 0.1) is 13.8 Å². The topological polar surface area (TPSA) is 26.3 Å². The second-order valence-corrected chi connectivity index (χ2v) is 6.10. The zero-order valence-electron chi connectivity index (χ0n) is 12.9. The molecule has 1 heterocycles. The molecule has 1 aliphatic rings. The second-order valence-electron chi connectivity index (χ2n) is 6.10. The van der Waals surface area contributed by atoms with Crippen molar-refractivity contribution in [3.63, 3.8) is 0 Å². The van der Waals surface area contributed by atoms with Crippen molar-refractivity contribution >= 4 is 5.97 Å². The number of esters is 1. The highest BCUT2D eigenvalue weighted by atomic mass is 16.5. The molecule has 0 fully saturated rings. The number of hydrogen-bond donors (Lipinski definition) is 0. The van der Waals surface area contributed by atoms with E-state index in [4.69, 9.17) is 4.74 Å². The van der Waals surface area contributed by atoms with E-state index in [-0.39, 0.29) is 11.9 Å². The van der Waals surface area contributed by atoms with E-state index in [2.05, 4.69) is 32.0 Å². The Labute approximate surface area is 125 Å². The summed E-state index contributed by atoms with van der Waals surface area (Å²) >= 11 is 0. The number of ether oxygens (including phenoxy) is 1. The lowest BCUT2D eigenvalue weighted by molar-refractivity contribution is -0.133. The Kier molecular flexibility index (Phi) is 3.32. The fourth-order valence-corrected chi connectivity index (χ4v) is 2.85. The van der Waals surface area contributed by atoms with Gasteiger partial charge in [-0.05, 0) is 42.0 Å². The number of aryl methyl sites for hydroxylation is 1. The van der Waals surface area contributed by atoms with E-state index < -0.39 is 0 Å². The molecule has 2 aromatic carbocycles. The molecule has 0 amide bonds. The summed E-state index contributed by atoms with van der Waals surface area (Å²) < 4.78 is 5.52. The summed E-state index contributed by atoms with van der Waals surface area (Å²) in [7, 11) is 0. The Balaban J connectivity index is 2.05. The van der Waals surface area contributed by atoms with Crippen molar-refractivity contribution in [2.24, 2.45) is 0 Å². The summed E-state index contributed by atoms with van der Waals surface area (Å²) in [6.45, 7) is 8.38. The molecule has 0 aliphatic carbocycles. The molecule has 2 aromatic rings. The molecule has 0 radical (unpaired) electrons. The highest BCUT2D eigenvalue weighted by Crippen LogP contribution is 2.42. The zero-order chi connectivity index (χ0) is 15.1. The predicted octanol–water partition coefficient (Wildman–Crippen LogP) is 4.48. The van der Waals surface area contributed by atoms with Gasteiger partial charge < -0.3 is 4.74 Å². The molecule has 0 spiro atoms. The summed E-state index contributed by atoms with van der Waals surface area (Å²) in [5.41, 5.74) is 5.48. The molecule has 2 heteroatoms. The molecule has 1 atom stereocenters. The van der Waals surface area contributed by atoms with Gasteiger partial charge in [0.2, 0.25) is 0 Å². The maximum absolute atomic E-state index is 12.3. The maximum atomic E-state index is 12.3. The van der Waals surface area contributed by atoms with Crippen molar-refractivity contribution in [3.05, 3.63) is 64.2 Å². The fraction of sp³-hybridized carbons (Fsp3) is 0.316. The van der Waals surface area contributed by atoms with Crippen LogP contribution >= 0.6 is 0 Å². The number of hydrogen-bond acceptors (Lipinski definition) is 2. The molecule has 108 valence electrons. The van der Waals surface area contributed by atoms with Gasteiger partial charge in [0.25, 0.3) is 0 Å². The van der Waals surface area contributed by atoms with Gasteiger partial charge in [-0.1, -0.05) is 50.2 Å². The lowest BCUT2D eigenvalue weighted by Crippen LogP contribution is -2.11. The lowest BCUT2D eigenvalue weighted by atomic mass is 9.89. The van der Waals surface area contributed by atoms with Gasteiger partial charge in [-0.3, -0.25) is 4.79 Å². The van der Waals surface area contributed by atoms with Crippen LogP contribution in [0.25, 0.3) is 0 Å². The standard InChI is InChI=1S/C19H20O2/c1-11(2)14-6-8-15(9-7-14)17-16-10-5-12(3)13(4)18(16)21-19(17)20/h5-11,17H,1-4H3/t17-/m0/s1. The lowest BCUT2D eigenvalue weighted by Gasteiger charge is -2.11. The van der Waals surface area contributed by atoms with Gasteiger partial charge in [-0.25, -0.2) is 0 Å². The third-order valence-corrected chi connectivity index (χ3v) is 4.39. The molecule has 2 nitrogen and oxygen atoms in total. The molecule has 0 unspecified atom stereocenters. The Bertz CT molecular complexity index is 696. The summed E-state index contributed by atoms with van der Waals surface area (Å²) in [4.78, 5) is 12.3. The van der Waals surface area contributed by atoms with Crippen molar-refractivity contribution in [1.82, 2.24) is 0 Å². The highest BCUT2D eigenvalue weighted by Gasteiger charge is 2.35. The fourth-order valence-electron chi connectivity index (χ4n) is 2.85. The Hall–Kier alpha value is -2.09. The summed E-state index contributed by atoms with van der Waals surface area (Å²) in [6.07, 6.45) is 0. The van der Waals surface area contributed by atoms with E-state index in [9.17, 15) is 4.79 Å². The highest BCUT2D eigenvalue weighted by molar-refractivity contribution is 5.90. The van der Waals surface area contributed by atoms with Crippen molar-refractivity contribution < 1.29 is 9.53 Å². The maximum Gasteiger partial charge on any atom is 0.323 e. The first-order valence-electron chi connectivity index (χ1n) is 7.40. The van der Waals surface area contributed by atoms with E-state index in [1.54, 1.807) is 0 Å². The predicted molar refractivity (Wildman–Crippen MR) is 83.9 cm³/mol. The van der Waals surface area contributed by atoms with E-state index in [0.717, 1.165) is 28.0 Å². The van der Waals surface area contributed by atoms with Gasteiger partial charge in [0.15, 0.2) is 0 Å². The normalized spacial score (nSPS) is 17.0. The summed E-state index contributed by atoms with van der Waals surface area (Å²) in [5, 5.41) is 0. The van der Waals surface area contributed by atoms with Crippen LogP contribution in [0.15, 0.2) is 36.4 Å². The van der Waals surface area contributed by atoms with Crippen molar-refractivity contribution in [2.45, 2.75) is 39.5 Å². The molecule has 0 saturated carbocycles. The Morgan fingerprint density at radius 2 is 1.67 bits per heavy atom. The molecule has 0 aromatic heterocycles. The SMILES string of the molecule is Cc1ccc2c(c1C)OC(=O)[C@H]2c1ccc(C(C)C)cc1. The first-order chi connectivity index (χ1) is 9.99. The molecule has 1 aliphatic heterocycles. The number of benzene rings is 2. The quantitative estimate of drug-likeness (QED) is 0.599. The van der Waals surface area contributed by atoms with Crippen LogP contribution < -0.4 is 4.74 Å². The van der Waals surface area contributed by atoms with Crippen LogP contribution in [0.2, 0.25) is 0 Å². The first kappa shape index (κ1) is 13.9. The molecule has 0 bridgehead atoms. The van der Waals surface area contributed by atoms with Crippen LogP contribution in [0.4, 0.5) is 0 Å². The second kappa shape index (κ2) is 5.03. The largest absolute Gasteiger partial charge is 0.425 e. The van der Waals surface area contributed by atoms with Crippen LogP contribution in [0.5, 0.6) is 5.75 Å². The minimum Gasteiger partial charge on any atom is -0.425 e. The molecular weight excluding hydrogens is 260 g/mol. The minimum atomic E-state index is -0.291. The first-order valence-corrected chi connectivity index (χ1v) is 7.40. The molecule has 0 saturated heterocycles. The van der Waals surface area contributed by atoms with Crippen LogP contribution in [-0.2, 0) is 4.79 Å². The molecular formula is C19H20O2. The van der Waals surface area contributed by atoms with Crippen molar-refractivity contribution in [3.8, 4) is 5.75 Å². The smallest absolute Gasteiger partial charge is 0.323 e. The van der Waals surface area contributed by atoms with Crippen LogP contribution in [0.3, 0.4) is 0 Å². The van der Waals surface area contributed by atoms with Gasteiger partial charge in [0, 0.05) is 5.56 Å². The van der Waals surface area contributed by atoms with Crippen LogP contribution in [-0.4, -0.2) is 5.97 Å². The van der Waals surface area contributed by atoms with Gasteiger partial charge >= 0.3 is 5.97 Å². The monoisotopic (exact) mass is 280 g/mol. The van der Waals surface area contributed by atoms with Crippen LogP contribution in [0.1, 0.15) is 53.5 Å².